The molecule has 76 valence electrons. The third kappa shape index (κ3) is 9.97. The molecule has 0 aromatic rings. The van der Waals surface area contributed by atoms with E-state index in [1.807, 2.05) is 0 Å². The summed E-state index contributed by atoms with van der Waals surface area (Å²) in [6.07, 6.45) is -11.2. The Labute approximate surface area is 97.2 Å². The number of hydrogen-bond acceptors (Lipinski definition) is 3. The van der Waals surface area contributed by atoms with E-state index in [0.29, 0.717) is 0 Å². The summed E-state index contributed by atoms with van der Waals surface area (Å²) in [7, 11) is 0. The standard InChI is InChI=1S/C6H14N2O2.2ClH/c7-4-2-1-3-5(8)6(9)10;;/h5H,1-4,7-8H2,(H,9,10);2*1H/t5-;;/m0../s1/i1D2,2D2,3D2,4D2,5D;;. The average molecular weight is 228 g/mol. The molecule has 0 aliphatic rings. The van der Waals surface area contributed by atoms with Gasteiger partial charge in [0.25, 0.3) is 0 Å². The fourth-order valence-corrected chi connectivity index (χ4v) is 0.188. The zero-order valence-electron chi connectivity index (χ0n) is 14.8. The van der Waals surface area contributed by atoms with Gasteiger partial charge in [-0.25, -0.2) is 0 Å². The molecule has 0 amide bonds. The summed E-state index contributed by atoms with van der Waals surface area (Å²) in [5.74, 6) is -2.23. The third-order valence-electron chi connectivity index (χ3n) is 0.562. The number of hydrogen-bond donors (Lipinski definition) is 3. The lowest BCUT2D eigenvalue weighted by Crippen LogP contribution is -2.29. The first-order chi connectivity index (χ1) is 7.94. The molecular weight excluding hydrogens is 203 g/mol. The average Bonchev–Trinajstić information content (AvgIpc) is 2.14. The van der Waals surface area contributed by atoms with Gasteiger partial charge in [0.2, 0.25) is 0 Å². The van der Waals surface area contributed by atoms with Gasteiger partial charge < -0.3 is 16.6 Å². The van der Waals surface area contributed by atoms with E-state index in [0.717, 1.165) is 0 Å². The maximum absolute atomic E-state index is 10.7. The highest BCUT2D eigenvalue weighted by molar-refractivity contribution is 5.85. The van der Waals surface area contributed by atoms with Gasteiger partial charge in [0.15, 0.2) is 0 Å². The van der Waals surface area contributed by atoms with Crippen LogP contribution in [0, 0.1) is 0 Å². The third-order valence-corrected chi connectivity index (χ3v) is 0.562. The Kier molecular flexibility index (Phi) is 4.08. The summed E-state index contributed by atoms with van der Waals surface area (Å²) in [5.41, 5.74) is 9.70. The summed E-state index contributed by atoms with van der Waals surface area (Å²) in [6.45, 7) is -3.32. The predicted octanol–water partition coefficient (Wildman–Crippen LogP) is 0.371. The molecule has 4 nitrogen and oxygen atoms in total. The molecular formula is C6H16Cl2N2O2. The van der Waals surface area contributed by atoms with Crippen molar-refractivity contribution in [3.63, 3.8) is 0 Å². The molecule has 0 fully saturated rings. The normalized spacial score (nSPS) is 29.3. The lowest BCUT2D eigenvalue weighted by Gasteiger charge is -2.03. The maximum atomic E-state index is 10.7. The van der Waals surface area contributed by atoms with Crippen molar-refractivity contribution in [2.75, 3.05) is 6.50 Å². The maximum Gasteiger partial charge on any atom is 0.320 e. The lowest BCUT2D eigenvalue weighted by molar-refractivity contribution is -0.138. The number of carboxylic acids is 1. The van der Waals surface area contributed by atoms with Crippen LogP contribution in [-0.2, 0) is 4.79 Å². The Balaban J connectivity index is -0.00000162. The second-order valence-corrected chi connectivity index (χ2v) is 1.24. The molecule has 0 saturated heterocycles. The van der Waals surface area contributed by atoms with E-state index in [4.69, 9.17) is 28.9 Å². The Morgan fingerprint density at radius 2 is 2.08 bits per heavy atom. The van der Waals surface area contributed by atoms with Gasteiger partial charge in [0.1, 0.15) is 6.02 Å². The number of nitrogens with two attached hydrogens (primary N) is 2. The number of carboxylic acid groups (broad SMARTS) is 1. The van der Waals surface area contributed by atoms with Gasteiger partial charge in [-0.3, -0.25) is 4.79 Å². The summed E-state index contributed by atoms with van der Waals surface area (Å²) in [4.78, 5) is 10.7. The van der Waals surface area contributed by atoms with E-state index >= 15 is 0 Å². The quantitative estimate of drug-likeness (QED) is 0.634. The Bertz CT molecular complexity index is 385. The highest BCUT2D eigenvalue weighted by Gasteiger charge is 2.09. The van der Waals surface area contributed by atoms with Gasteiger partial charge in [0.05, 0.1) is 1.37 Å². The molecule has 0 spiro atoms. The van der Waals surface area contributed by atoms with Crippen LogP contribution in [0.4, 0.5) is 0 Å². The van der Waals surface area contributed by atoms with E-state index in [1.54, 1.807) is 0 Å². The number of halogens is 2. The zero-order chi connectivity index (χ0) is 16.1. The summed E-state index contributed by atoms with van der Waals surface area (Å²) in [6, 6.07) is -3.53. The monoisotopic (exact) mass is 227 g/mol. The van der Waals surface area contributed by atoms with Crippen molar-refractivity contribution in [1.29, 1.82) is 0 Å². The fraction of sp³-hybridized carbons (Fsp3) is 0.833. The predicted molar refractivity (Wildman–Crippen MR) is 53.0 cm³/mol. The van der Waals surface area contributed by atoms with E-state index in [2.05, 4.69) is 0 Å². The van der Waals surface area contributed by atoms with Gasteiger partial charge >= 0.3 is 5.97 Å². The molecule has 0 aliphatic heterocycles. The van der Waals surface area contributed by atoms with Crippen LogP contribution in [0.2, 0.25) is 0 Å². The molecule has 0 unspecified atom stereocenters. The number of rotatable bonds is 5. The fourth-order valence-electron chi connectivity index (χ4n) is 0.188. The van der Waals surface area contributed by atoms with Crippen LogP contribution in [0.5, 0.6) is 0 Å². The van der Waals surface area contributed by atoms with E-state index in [9.17, 15) is 4.79 Å². The molecule has 0 saturated carbocycles. The second-order valence-electron chi connectivity index (χ2n) is 1.24. The first-order valence-corrected chi connectivity index (χ1v) is 2.26. The van der Waals surface area contributed by atoms with Crippen LogP contribution >= 0.6 is 24.8 Å². The van der Waals surface area contributed by atoms with E-state index in [1.165, 1.54) is 0 Å². The van der Waals surface area contributed by atoms with Crippen LogP contribution in [0.15, 0.2) is 0 Å². The number of aliphatic carboxylic acids is 1. The van der Waals surface area contributed by atoms with Gasteiger partial charge in [0, 0.05) is 11.0 Å². The van der Waals surface area contributed by atoms with Crippen molar-refractivity contribution < 1.29 is 22.2 Å². The Morgan fingerprint density at radius 1 is 1.58 bits per heavy atom. The molecule has 12 heavy (non-hydrogen) atoms. The smallest absolute Gasteiger partial charge is 0.320 e. The molecule has 1 atom stereocenters. The van der Waals surface area contributed by atoms with Gasteiger partial charge in [-0.05, 0) is 19.2 Å². The molecule has 0 aromatic heterocycles. The van der Waals surface area contributed by atoms with Crippen LogP contribution in [0.25, 0.3) is 0 Å². The van der Waals surface area contributed by atoms with Crippen molar-refractivity contribution in [3.8, 4) is 0 Å². The molecule has 5 N–H and O–H groups in total. The summed E-state index contributed by atoms with van der Waals surface area (Å²) in [5, 5.41) is 8.64. The van der Waals surface area contributed by atoms with E-state index < -0.39 is 37.6 Å². The minimum atomic E-state index is -3.78. The number of carbonyl (C=O) groups is 1. The van der Waals surface area contributed by atoms with Crippen molar-refractivity contribution >= 4 is 30.8 Å². The first kappa shape index (κ1) is 4.46. The van der Waals surface area contributed by atoms with Crippen LogP contribution < -0.4 is 11.5 Å². The largest absolute Gasteiger partial charge is 0.480 e. The Hall–Kier alpha value is -0.0300. The molecule has 0 aromatic carbocycles. The molecule has 6 heteroatoms. The molecule has 0 rings (SSSR count). The van der Waals surface area contributed by atoms with Gasteiger partial charge in [-0.1, -0.05) is 6.37 Å². The Morgan fingerprint density at radius 3 is 2.42 bits per heavy atom. The molecule has 0 aliphatic carbocycles. The van der Waals surface area contributed by atoms with Crippen molar-refractivity contribution in [2.24, 2.45) is 11.5 Å². The van der Waals surface area contributed by atoms with Gasteiger partial charge in [-0.2, -0.15) is 0 Å². The summed E-state index contributed by atoms with van der Waals surface area (Å²) < 4.78 is 65.1. The van der Waals surface area contributed by atoms with Crippen molar-refractivity contribution in [3.05, 3.63) is 0 Å². The SMILES string of the molecule is Cl.Cl.[2H]C([2H])(N)C([2H])([2H])C([2H])([2H])C([2H])([2H])[C@]([2H])(N)C(=O)O. The minimum absolute atomic E-state index is 0. The molecule has 0 bridgehead atoms. The first-order valence-electron chi connectivity index (χ1n) is 6.76. The second kappa shape index (κ2) is 11.0. The lowest BCUT2D eigenvalue weighted by atomic mass is 10.1. The molecule has 0 radical (unpaired) electrons. The zero-order valence-corrected chi connectivity index (χ0v) is 7.46. The van der Waals surface area contributed by atoms with Crippen LogP contribution in [0.3, 0.4) is 0 Å². The summed E-state index contributed by atoms with van der Waals surface area (Å²) >= 11 is 0. The minimum Gasteiger partial charge on any atom is -0.480 e. The van der Waals surface area contributed by atoms with Gasteiger partial charge in [-0.15, -0.1) is 24.8 Å². The van der Waals surface area contributed by atoms with Crippen molar-refractivity contribution in [2.45, 2.75) is 25.1 Å². The van der Waals surface area contributed by atoms with Crippen LogP contribution in [-0.4, -0.2) is 23.6 Å². The van der Waals surface area contributed by atoms with Crippen molar-refractivity contribution in [1.82, 2.24) is 0 Å². The van der Waals surface area contributed by atoms with E-state index in [-0.39, 0.29) is 24.8 Å². The highest BCUT2D eigenvalue weighted by Crippen LogP contribution is 1.96. The highest BCUT2D eigenvalue weighted by atomic mass is 35.5. The molecule has 0 heterocycles. The topological polar surface area (TPSA) is 89.3 Å². The van der Waals surface area contributed by atoms with Crippen LogP contribution in [0.1, 0.15) is 31.5 Å².